The summed E-state index contributed by atoms with van der Waals surface area (Å²) < 4.78 is 15.4. The molecule has 1 aromatic heterocycles. The molecule has 0 bridgehead atoms. The third-order valence-electron chi connectivity index (χ3n) is 3.53. The molecule has 0 aliphatic carbocycles. The summed E-state index contributed by atoms with van der Waals surface area (Å²) in [6.45, 7) is 1.30. The first kappa shape index (κ1) is 12.9. The number of fused-ring (bicyclic) bond motifs is 1. The Balaban J connectivity index is 2.03. The van der Waals surface area contributed by atoms with Crippen LogP contribution in [0.3, 0.4) is 0 Å². The molecule has 0 radical (unpaired) electrons. The van der Waals surface area contributed by atoms with E-state index in [1.54, 1.807) is 12.1 Å². The van der Waals surface area contributed by atoms with Gasteiger partial charge in [-0.05, 0) is 47.7 Å². The summed E-state index contributed by atoms with van der Waals surface area (Å²) >= 11 is 0. The molecule has 0 saturated heterocycles. The Morgan fingerprint density at radius 3 is 2.70 bits per heavy atom. The van der Waals surface area contributed by atoms with Crippen LogP contribution in [0, 0.1) is 5.82 Å². The number of halogens is 1. The molecule has 2 nitrogen and oxygen atoms in total. The van der Waals surface area contributed by atoms with Gasteiger partial charge in [-0.25, -0.2) is 4.39 Å². The van der Waals surface area contributed by atoms with Crippen LogP contribution in [-0.4, -0.2) is 11.1 Å². The molecule has 3 aromatic rings. The molecule has 0 amide bonds. The van der Waals surface area contributed by atoms with E-state index in [1.165, 1.54) is 22.5 Å². The maximum Gasteiger partial charge on any atom is 0.123 e. The third kappa shape index (κ3) is 2.45. The lowest BCUT2D eigenvalue weighted by Gasteiger charge is -2.10. The quantitative estimate of drug-likeness (QED) is 0.773. The van der Waals surface area contributed by atoms with Crippen LogP contribution in [0.15, 0.2) is 54.7 Å². The van der Waals surface area contributed by atoms with Gasteiger partial charge in [-0.2, -0.15) is 0 Å². The molecule has 20 heavy (non-hydrogen) atoms. The van der Waals surface area contributed by atoms with Crippen molar-refractivity contribution in [2.45, 2.75) is 13.0 Å². The zero-order valence-electron chi connectivity index (χ0n) is 11.2. The molecular weight excluding hydrogens is 251 g/mol. The molecule has 0 unspecified atom stereocenters. The fourth-order valence-electron chi connectivity index (χ4n) is 2.66. The maximum atomic E-state index is 13.3. The molecule has 2 aromatic carbocycles. The topological polar surface area (TPSA) is 30.9 Å². The average Bonchev–Trinajstić information content (AvgIpc) is 2.84. The van der Waals surface area contributed by atoms with Crippen LogP contribution in [0.4, 0.5) is 4.39 Å². The van der Waals surface area contributed by atoms with Gasteiger partial charge in [-0.3, -0.25) is 0 Å². The van der Waals surface area contributed by atoms with Crippen LogP contribution in [0.1, 0.15) is 11.1 Å². The van der Waals surface area contributed by atoms with Crippen molar-refractivity contribution in [3.8, 4) is 0 Å². The third-order valence-corrected chi connectivity index (χ3v) is 3.53. The van der Waals surface area contributed by atoms with E-state index in [-0.39, 0.29) is 5.82 Å². The summed E-state index contributed by atoms with van der Waals surface area (Å²) in [5, 5.41) is 1.20. The summed E-state index contributed by atoms with van der Waals surface area (Å²) in [7, 11) is 0. The van der Waals surface area contributed by atoms with Crippen molar-refractivity contribution in [2.24, 2.45) is 5.73 Å². The highest BCUT2D eigenvalue weighted by molar-refractivity contribution is 5.83. The lowest BCUT2D eigenvalue weighted by Crippen LogP contribution is -2.06. The largest absolute Gasteiger partial charge is 0.343 e. The monoisotopic (exact) mass is 268 g/mol. The first-order valence-corrected chi connectivity index (χ1v) is 6.79. The lowest BCUT2D eigenvalue weighted by molar-refractivity contribution is 0.624. The van der Waals surface area contributed by atoms with E-state index >= 15 is 0 Å². The first-order valence-electron chi connectivity index (χ1n) is 6.79. The minimum absolute atomic E-state index is 0.193. The number of hydrogen-bond acceptors (Lipinski definition) is 1. The second kappa shape index (κ2) is 5.47. The van der Waals surface area contributed by atoms with Crippen LogP contribution in [0.25, 0.3) is 10.9 Å². The number of para-hydroxylation sites is 1. The summed E-state index contributed by atoms with van der Waals surface area (Å²) in [6.07, 6.45) is 2.90. The maximum absolute atomic E-state index is 13.3. The predicted molar refractivity (Wildman–Crippen MR) is 80.2 cm³/mol. The van der Waals surface area contributed by atoms with Gasteiger partial charge in [-0.1, -0.05) is 30.3 Å². The van der Waals surface area contributed by atoms with Crippen molar-refractivity contribution >= 4 is 10.9 Å². The SMILES string of the molecule is NCCc1cccc2ccn(Cc3cccc(F)c3)c12. The van der Waals surface area contributed by atoms with Crippen LogP contribution in [-0.2, 0) is 13.0 Å². The van der Waals surface area contributed by atoms with E-state index in [1.807, 2.05) is 6.07 Å². The van der Waals surface area contributed by atoms with Gasteiger partial charge in [0.2, 0.25) is 0 Å². The van der Waals surface area contributed by atoms with Crippen molar-refractivity contribution in [3.63, 3.8) is 0 Å². The Kier molecular flexibility index (Phi) is 3.52. The molecule has 2 N–H and O–H groups in total. The zero-order valence-corrected chi connectivity index (χ0v) is 11.2. The molecule has 0 saturated carbocycles. The number of nitrogens with two attached hydrogens (primary N) is 1. The van der Waals surface area contributed by atoms with Crippen molar-refractivity contribution in [1.29, 1.82) is 0 Å². The van der Waals surface area contributed by atoms with Crippen molar-refractivity contribution in [2.75, 3.05) is 6.54 Å². The smallest absolute Gasteiger partial charge is 0.123 e. The van der Waals surface area contributed by atoms with E-state index in [0.717, 1.165) is 12.0 Å². The highest BCUT2D eigenvalue weighted by atomic mass is 19.1. The second-order valence-electron chi connectivity index (χ2n) is 4.97. The van der Waals surface area contributed by atoms with Gasteiger partial charge in [-0.15, -0.1) is 0 Å². The number of nitrogens with zero attached hydrogens (tertiary/aromatic N) is 1. The summed E-state index contributed by atoms with van der Waals surface area (Å²) in [6, 6.07) is 15.1. The van der Waals surface area contributed by atoms with Crippen molar-refractivity contribution in [3.05, 3.63) is 71.7 Å². The van der Waals surface area contributed by atoms with Crippen molar-refractivity contribution < 1.29 is 4.39 Å². The normalized spacial score (nSPS) is 11.1. The Morgan fingerprint density at radius 1 is 1.05 bits per heavy atom. The number of aromatic nitrogens is 1. The fraction of sp³-hybridized carbons (Fsp3) is 0.176. The van der Waals surface area contributed by atoms with E-state index in [4.69, 9.17) is 5.73 Å². The zero-order chi connectivity index (χ0) is 13.9. The van der Waals surface area contributed by atoms with Crippen LogP contribution in [0.2, 0.25) is 0 Å². The molecule has 3 rings (SSSR count). The Labute approximate surface area is 117 Å². The Morgan fingerprint density at radius 2 is 1.90 bits per heavy atom. The molecule has 102 valence electrons. The number of benzene rings is 2. The number of hydrogen-bond donors (Lipinski definition) is 1. The first-order chi connectivity index (χ1) is 9.78. The summed E-state index contributed by atoms with van der Waals surface area (Å²) in [5.41, 5.74) is 9.09. The molecule has 0 aliphatic heterocycles. The highest BCUT2D eigenvalue weighted by Crippen LogP contribution is 2.22. The molecule has 0 aliphatic rings. The van der Waals surface area contributed by atoms with E-state index in [0.29, 0.717) is 13.1 Å². The van der Waals surface area contributed by atoms with Gasteiger partial charge < -0.3 is 10.3 Å². The van der Waals surface area contributed by atoms with Crippen LogP contribution >= 0.6 is 0 Å². The second-order valence-corrected chi connectivity index (χ2v) is 4.97. The van der Waals surface area contributed by atoms with E-state index in [9.17, 15) is 4.39 Å². The minimum Gasteiger partial charge on any atom is -0.343 e. The molecule has 0 fully saturated rings. The van der Waals surface area contributed by atoms with Crippen molar-refractivity contribution in [1.82, 2.24) is 4.57 Å². The average molecular weight is 268 g/mol. The van der Waals surface area contributed by atoms with E-state index < -0.39 is 0 Å². The lowest BCUT2D eigenvalue weighted by atomic mass is 10.1. The predicted octanol–water partition coefficient (Wildman–Crippen LogP) is 3.33. The molecule has 1 heterocycles. The molecule has 0 atom stereocenters. The van der Waals surface area contributed by atoms with Gasteiger partial charge in [0, 0.05) is 12.7 Å². The van der Waals surface area contributed by atoms with Gasteiger partial charge in [0.1, 0.15) is 5.82 Å². The molecular formula is C17H17FN2. The molecule has 3 heteroatoms. The van der Waals surface area contributed by atoms with Crippen LogP contribution in [0.5, 0.6) is 0 Å². The van der Waals surface area contributed by atoms with Gasteiger partial charge in [0.05, 0.1) is 5.52 Å². The van der Waals surface area contributed by atoms with Gasteiger partial charge >= 0.3 is 0 Å². The highest BCUT2D eigenvalue weighted by Gasteiger charge is 2.07. The van der Waals surface area contributed by atoms with Crippen LogP contribution < -0.4 is 5.73 Å². The number of rotatable bonds is 4. The minimum atomic E-state index is -0.193. The fourth-order valence-corrected chi connectivity index (χ4v) is 2.66. The standard InChI is InChI=1S/C17H17FN2/c18-16-6-1-3-13(11-16)12-20-10-8-15-5-2-4-14(7-9-19)17(15)20/h1-6,8,10-11H,7,9,12,19H2. The summed E-state index contributed by atoms with van der Waals surface area (Å²) in [4.78, 5) is 0. The van der Waals surface area contributed by atoms with E-state index in [2.05, 4.69) is 35.0 Å². The van der Waals surface area contributed by atoms with Gasteiger partial charge in [0.15, 0.2) is 0 Å². The Bertz CT molecular complexity index is 731. The molecule has 0 spiro atoms. The van der Waals surface area contributed by atoms with Gasteiger partial charge in [0.25, 0.3) is 0 Å². The Hall–Kier alpha value is -2.13. The summed E-state index contributed by atoms with van der Waals surface area (Å²) in [5.74, 6) is -0.193.